The van der Waals surface area contributed by atoms with Crippen LogP contribution in [0.2, 0.25) is 5.02 Å². The summed E-state index contributed by atoms with van der Waals surface area (Å²) in [6.45, 7) is 8.58. The van der Waals surface area contributed by atoms with E-state index in [0.29, 0.717) is 42.5 Å². The lowest BCUT2D eigenvalue weighted by atomic mass is 10.1. The van der Waals surface area contributed by atoms with Gasteiger partial charge in [-0.3, -0.25) is 9.59 Å². The number of amides is 2. The van der Waals surface area contributed by atoms with Crippen molar-refractivity contribution < 1.29 is 9.59 Å². The molecule has 2 aromatic rings. The zero-order chi connectivity index (χ0) is 20.3. The molecule has 1 N–H and O–H groups in total. The Balaban J connectivity index is 1.76. The largest absolute Gasteiger partial charge is 0.366 e. The van der Waals surface area contributed by atoms with Gasteiger partial charge < -0.3 is 15.1 Å². The van der Waals surface area contributed by atoms with Crippen LogP contribution in [0.3, 0.4) is 0 Å². The Kier molecular flexibility index (Phi) is 6.25. The molecule has 2 amide bonds. The fourth-order valence-electron chi connectivity index (χ4n) is 3.40. The molecule has 28 heavy (non-hydrogen) atoms. The number of nitrogens with one attached hydrogen (secondary N) is 1. The number of hydrogen-bond acceptors (Lipinski definition) is 3. The van der Waals surface area contributed by atoms with E-state index in [-0.39, 0.29) is 17.7 Å². The van der Waals surface area contributed by atoms with E-state index in [1.54, 1.807) is 12.1 Å². The summed E-state index contributed by atoms with van der Waals surface area (Å²) < 4.78 is 0. The maximum absolute atomic E-state index is 12.7. The monoisotopic (exact) mass is 399 g/mol. The number of carbonyl (C=O) groups excluding carboxylic acids is 2. The molecule has 1 aliphatic rings. The van der Waals surface area contributed by atoms with E-state index in [1.165, 1.54) is 0 Å². The highest BCUT2D eigenvalue weighted by molar-refractivity contribution is 6.31. The number of aryl methyl sites for hydroxylation is 1. The Morgan fingerprint density at radius 3 is 2.39 bits per heavy atom. The summed E-state index contributed by atoms with van der Waals surface area (Å²) >= 11 is 6.19. The van der Waals surface area contributed by atoms with E-state index in [9.17, 15) is 9.59 Å². The Hall–Kier alpha value is -2.53. The predicted octanol–water partition coefficient (Wildman–Crippen LogP) is 4.21. The Morgan fingerprint density at radius 2 is 1.75 bits per heavy atom. The van der Waals surface area contributed by atoms with Crippen LogP contribution in [0.1, 0.15) is 29.8 Å². The van der Waals surface area contributed by atoms with Crippen LogP contribution in [0.15, 0.2) is 42.5 Å². The van der Waals surface area contributed by atoms with E-state index in [1.807, 2.05) is 56.0 Å². The molecule has 1 aliphatic heterocycles. The van der Waals surface area contributed by atoms with Crippen molar-refractivity contribution in [2.75, 3.05) is 36.4 Å². The van der Waals surface area contributed by atoms with Gasteiger partial charge in [-0.05, 0) is 37.3 Å². The van der Waals surface area contributed by atoms with E-state index < -0.39 is 0 Å². The molecule has 148 valence electrons. The van der Waals surface area contributed by atoms with Gasteiger partial charge in [-0.25, -0.2) is 0 Å². The van der Waals surface area contributed by atoms with Gasteiger partial charge in [0.1, 0.15) is 0 Å². The molecule has 0 unspecified atom stereocenters. The molecule has 2 aromatic carbocycles. The molecule has 0 spiro atoms. The highest BCUT2D eigenvalue weighted by Crippen LogP contribution is 2.30. The molecule has 3 rings (SSSR count). The van der Waals surface area contributed by atoms with Crippen molar-refractivity contribution in [3.05, 3.63) is 58.6 Å². The van der Waals surface area contributed by atoms with Crippen LogP contribution in [0.4, 0.5) is 11.4 Å². The molecule has 0 radical (unpaired) electrons. The zero-order valence-electron chi connectivity index (χ0n) is 16.5. The van der Waals surface area contributed by atoms with Gasteiger partial charge in [-0.15, -0.1) is 0 Å². The third kappa shape index (κ3) is 4.65. The molecule has 0 atom stereocenters. The molecular formula is C22H26ClN3O2. The van der Waals surface area contributed by atoms with Crippen LogP contribution in [0, 0.1) is 12.8 Å². The van der Waals surface area contributed by atoms with Gasteiger partial charge in [-0.2, -0.15) is 0 Å². The number of hydrogen-bond donors (Lipinski definition) is 1. The molecular weight excluding hydrogens is 374 g/mol. The Morgan fingerprint density at radius 1 is 1.04 bits per heavy atom. The number of piperazine rings is 1. The second-order valence-electron chi connectivity index (χ2n) is 7.45. The summed E-state index contributed by atoms with van der Waals surface area (Å²) in [5.41, 5.74) is 3.24. The van der Waals surface area contributed by atoms with Gasteiger partial charge in [0.15, 0.2) is 0 Å². The minimum atomic E-state index is -0.166. The molecule has 0 bridgehead atoms. The number of benzene rings is 2. The van der Waals surface area contributed by atoms with Crippen molar-refractivity contribution in [1.29, 1.82) is 0 Å². The first-order chi connectivity index (χ1) is 13.3. The van der Waals surface area contributed by atoms with Crippen molar-refractivity contribution in [2.45, 2.75) is 20.8 Å². The standard InChI is InChI=1S/C22H26ClN3O2/c1-15(2)22(28)26-11-9-25(10-12-26)20-8-7-18(23)14-19(20)24-21(27)17-6-4-5-16(3)13-17/h4-8,13-15H,9-12H2,1-3H3,(H,24,27). The quantitative estimate of drug-likeness (QED) is 0.838. The van der Waals surface area contributed by atoms with Crippen LogP contribution in [-0.4, -0.2) is 42.9 Å². The predicted molar refractivity (Wildman–Crippen MR) is 114 cm³/mol. The average molecular weight is 400 g/mol. The molecule has 6 heteroatoms. The summed E-state index contributed by atoms with van der Waals surface area (Å²) in [6.07, 6.45) is 0. The highest BCUT2D eigenvalue weighted by atomic mass is 35.5. The molecule has 1 heterocycles. The van der Waals surface area contributed by atoms with Crippen molar-refractivity contribution >= 4 is 34.8 Å². The lowest BCUT2D eigenvalue weighted by Gasteiger charge is -2.37. The normalized spacial score (nSPS) is 14.3. The Bertz CT molecular complexity index is 874. The smallest absolute Gasteiger partial charge is 0.255 e. The summed E-state index contributed by atoms with van der Waals surface area (Å²) in [4.78, 5) is 29.0. The van der Waals surface area contributed by atoms with E-state index in [4.69, 9.17) is 11.6 Å². The van der Waals surface area contributed by atoms with Gasteiger partial charge in [0.2, 0.25) is 5.91 Å². The first-order valence-electron chi connectivity index (χ1n) is 9.56. The lowest BCUT2D eigenvalue weighted by molar-refractivity contribution is -0.134. The van der Waals surface area contributed by atoms with Gasteiger partial charge in [0, 0.05) is 42.7 Å². The van der Waals surface area contributed by atoms with Crippen molar-refractivity contribution in [2.24, 2.45) is 5.92 Å². The second-order valence-corrected chi connectivity index (χ2v) is 7.89. The summed E-state index contributed by atoms with van der Waals surface area (Å²) in [5.74, 6) is 0.0239. The van der Waals surface area contributed by atoms with Crippen LogP contribution in [0.5, 0.6) is 0 Å². The fraction of sp³-hybridized carbons (Fsp3) is 0.364. The van der Waals surface area contributed by atoms with Gasteiger partial charge >= 0.3 is 0 Å². The molecule has 0 aromatic heterocycles. The molecule has 5 nitrogen and oxygen atoms in total. The number of rotatable bonds is 4. The van der Waals surface area contributed by atoms with E-state index in [2.05, 4.69) is 10.2 Å². The van der Waals surface area contributed by atoms with Crippen LogP contribution < -0.4 is 10.2 Å². The Labute approximate surface area is 171 Å². The lowest BCUT2D eigenvalue weighted by Crippen LogP contribution is -2.50. The molecule has 1 fully saturated rings. The second kappa shape index (κ2) is 8.65. The van der Waals surface area contributed by atoms with Crippen molar-refractivity contribution in [3.63, 3.8) is 0 Å². The SMILES string of the molecule is Cc1cccc(C(=O)Nc2cc(Cl)ccc2N2CCN(C(=O)C(C)C)CC2)c1. The maximum atomic E-state index is 12.7. The van der Waals surface area contributed by atoms with E-state index in [0.717, 1.165) is 11.3 Å². The van der Waals surface area contributed by atoms with Crippen molar-refractivity contribution in [3.8, 4) is 0 Å². The molecule has 1 saturated heterocycles. The van der Waals surface area contributed by atoms with Gasteiger partial charge in [0.05, 0.1) is 11.4 Å². The topological polar surface area (TPSA) is 52.7 Å². The van der Waals surface area contributed by atoms with Gasteiger partial charge in [-0.1, -0.05) is 43.1 Å². The minimum absolute atomic E-state index is 0.00580. The fourth-order valence-corrected chi connectivity index (χ4v) is 3.57. The minimum Gasteiger partial charge on any atom is -0.366 e. The highest BCUT2D eigenvalue weighted by Gasteiger charge is 2.24. The summed E-state index contributed by atoms with van der Waals surface area (Å²) in [7, 11) is 0. The number of carbonyl (C=O) groups is 2. The third-order valence-corrected chi connectivity index (χ3v) is 5.15. The summed E-state index contributed by atoms with van der Waals surface area (Å²) in [5, 5.41) is 3.57. The first kappa shape index (κ1) is 20.2. The third-order valence-electron chi connectivity index (χ3n) is 4.91. The molecule has 0 saturated carbocycles. The van der Waals surface area contributed by atoms with E-state index >= 15 is 0 Å². The zero-order valence-corrected chi connectivity index (χ0v) is 17.3. The van der Waals surface area contributed by atoms with Crippen LogP contribution in [0.25, 0.3) is 0 Å². The molecule has 0 aliphatic carbocycles. The number of nitrogens with zero attached hydrogens (tertiary/aromatic N) is 2. The summed E-state index contributed by atoms with van der Waals surface area (Å²) in [6, 6.07) is 13.0. The number of halogens is 1. The average Bonchev–Trinajstić information content (AvgIpc) is 2.67. The van der Waals surface area contributed by atoms with Crippen LogP contribution >= 0.6 is 11.6 Å². The first-order valence-corrected chi connectivity index (χ1v) is 9.94. The van der Waals surface area contributed by atoms with Crippen LogP contribution in [-0.2, 0) is 4.79 Å². The van der Waals surface area contributed by atoms with Gasteiger partial charge in [0.25, 0.3) is 5.91 Å². The van der Waals surface area contributed by atoms with Crippen molar-refractivity contribution in [1.82, 2.24) is 4.90 Å². The number of anilines is 2. The maximum Gasteiger partial charge on any atom is 0.255 e.